The molecular formula is C13H23N3O3S. The van der Waals surface area contributed by atoms with Gasteiger partial charge in [-0.05, 0) is 27.9 Å². The van der Waals surface area contributed by atoms with Gasteiger partial charge in [0.15, 0.2) is 5.13 Å². The monoisotopic (exact) mass is 301 g/mol. The summed E-state index contributed by atoms with van der Waals surface area (Å²) in [6.07, 6.45) is 0. The summed E-state index contributed by atoms with van der Waals surface area (Å²) in [6.45, 7) is 6.05. The van der Waals surface area contributed by atoms with E-state index in [9.17, 15) is 9.90 Å². The maximum atomic E-state index is 11.3. The number of aromatic carboxylic acids is 1. The number of anilines is 1. The summed E-state index contributed by atoms with van der Waals surface area (Å²) >= 11 is 1.21. The summed E-state index contributed by atoms with van der Waals surface area (Å²) in [5.41, 5.74) is 0.496. The Kier molecular flexibility index (Phi) is 6.38. The maximum Gasteiger partial charge on any atom is 0.347 e. The Morgan fingerprint density at radius 2 is 2.15 bits per heavy atom. The molecule has 0 aromatic carbocycles. The largest absolute Gasteiger partial charge is 0.477 e. The number of rotatable bonds is 8. The Hall–Kier alpha value is -1.18. The summed E-state index contributed by atoms with van der Waals surface area (Å²) < 4.78 is 5.02. The third-order valence-corrected chi connectivity index (χ3v) is 4.03. The van der Waals surface area contributed by atoms with Gasteiger partial charge in [-0.2, -0.15) is 0 Å². The first-order valence-electron chi connectivity index (χ1n) is 6.54. The highest BCUT2D eigenvalue weighted by molar-refractivity contribution is 7.17. The van der Waals surface area contributed by atoms with Crippen molar-refractivity contribution in [1.29, 1.82) is 0 Å². The lowest BCUT2D eigenvalue weighted by atomic mass is 10.3. The van der Waals surface area contributed by atoms with E-state index in [4.69, 9.17) is 4.74 Å². The van der Waals surface area contributed by atoms with Crippen LogP contribution in [-0.4, -0.2) is 61.3 Å². The highest BCUT2D eigenvalue weighted by atomic mass is 32.1. The average Bonchev–Trinajstić information content (AvgIpc) is 2.73. The second-order valence-electron chi connectivity index (χ2n) is 4.91. The van der Waals surface area contributed by atoms with Crippen LogP contribution in [0, 0.1) is 0 Å². The van der Waals surface area contributed by atoms with Crippen LogP contribution in [0.15, 0.2) is 0 Å². The van der Waals surface area contributed by atoms with E-state index < -0.39 is 5.97 Å². The fourth-order valence-corrected chi connectivity index (χ4v) is 3.20. The number of methoxy groups -OCH3 is 1. The maximum absolute atomic E-state index is 11.3. The first kappa shape index (κ1) is 16.9. The summed E-state index contributed by atoms with van der Waals surface area (Å²) in [6, 6.07) is 0.262. The molecule has 1 rings (SSSR count). The van der Waals surface area contributed by atoms with Crippen LogP contribution >= 0.6 is 11.3 Å². The van der Waals surface area contributed by atoms with E-state index in [-0.39, 0.29) is 17.5 Å². The van der Waals surface area contributed by atoms with Crippen molar-refractivity contribution in [2.24, 2.45) is 0 Å². The summed E-state index contributed by atoms with van der Waals surface area (Å²) in [7, 11) is 5.58. The smallest absolute Gasteiger partial charge is 0.347 e. The molecule has 0 spiro atoms. The van der Waals surface area contributed by atoms with Crippen molar-refractivity contribution in [3.05, 3.63) is 10.6 Å². The zero-order valence-corrected chi connectivity index (χ0v) is 13.5. The average molecular weight is 301 g/mol. The van der Waals surface area contributed by atoms with Gasteiger partial charge in [0.2, 0.25) is 0 Å². The lowest BCUT2D eigenvalue weighted by Gasteiger charge is -2.29. The standard InChI is InChI=1S/C13H23N3O3S/c1-6-16(9(2)7-15(3)4)13-14-10(8-19-5)11(20-13)12(17)18/h9H,6-8H2,1-5H3,(H,17,18). The van der Waals surface area contributed by atoms with E-state index >= 15 is 0 Å². The Morgan fingerprint density at radius 1 is 1.50 bits per heavy atom. The van der Waals surface area contributed by atoms with Gasteiger partial charge in [0.05, 0.1) is 12.3 Å². The van der Waals surface area contributed by atoms with Crippen LogP contribution in [-0.2, 0) is 11.3 Å². The molecule has 0 saturated heterocycles. The second-order valence-corrected chi connectivity index (χ2v) is 5.89. The van der Waals surface area contributed by atoms with Crippen LogP contribution in [0.2, 0.25) is 0 Å². The molecule has 1 heterocycles. The zero-order chi connectivity index (χ0) is 15.3. The van der Waals surface area contributed by atoms with Gasteiger partial charge in [-0.1, -0.05) is 11.3 Å². The minimum Gasteiger partial charge on any atom is -0.477 e. The van der Waals surface area contributed by atoms with E-state index in [2.05, 4.69) is 21.7 Å². The van der Waals surface area contributed by atoms with Gasteiger partial charge in [-0.15, -0.1) is 0 Å². The molecule has 20 heavy (non-hydrogen) atoms. The summed E-state index contributed by atoms with van der Waals surface area (Å²) in [4.78, 5) is 20.2. The molecule has 114 valence electrons. The number of aromatic nitrogens is 1. The highest BCUT2D eigenvalue weighted by Gasteiger charge is 2.22. The molecule has 7 heteroatoms. The number of carboxylic acids is 1. The van der Waals surface area contributed by atoms with Crippen LogP contribution in [0.25, 0.3) is 0 Å². The topological polar surface area (TPSA) is 65.9 Å². The van der Waals surface area contributed by atoms with Crippen LogP contribution in [0.5, 0.6) is 0 Å². The SMILES string of the molecule is CCN(c1nc(COC)c(C(=O)O)s1)C(C)CN(C)C. The molecule has 1 aromatic rings. The number of ether oxygens (including phenoxy) is 1. The normalized spacial score (nSPS) is 12.7. The van der Waals surface area contributed by atoms with Crippen LogP contribution in [0.4, 0.5) is 5.13 Å². The molecular weight excluding hydrogens is 278 g/mol. The van der Waals surface area contributed by atoms with Crippen molar-refractivity contribution in [3.8, 4) is 0 Å². The molecule has 1 aromatic heterocycles. The van der Waals surface area contributed by atoms with Crippen molar-refractivity contribution >= 4 is 22.4 Å². The van der Waals surface area contributed by atoms with Gasteiger partial charge in [-0.3, -0.25) is 0 Å². The highest BCUT2D eigenvalue weighted by Crippen LogP contribution is 2.28. The molecule has 1 unspecified atom stereocenters. The predicted octanol–water partition coefficient (Wildman–Crippen LogP) is 1.76. The lowest BCUT2D eigenvalue weighted by molar-refractivity contribution is 0.0697. The molecule has 6 nitrogen and oxygen atoms in total. The Morgan fingerprint density at radius 3 is 2.60 bits per heavy atom. The molecule has 0 radical (unpaired) electrons. The van der Waals surface area contributed by atoms with E-state index in [0.717, 1.165) is 18.2 Å². The quantitative estimate of drug-likeness (QED) is 0.789. The molecule has 1 N–H and O–H groups in total. The Labute approximate surface area is 124 Å². The second kappa shape index (κ2) is 7.56. The van der Waals surface area contributed by atoms with Gasteiger partial charge in [-0.25, -0.2) is 9.78 Å². The number of carbonyl (C=O) groups is 1. The number of nitrogens with zero attached hydrogens (tertiary/aromatic N) is 3. The number of carboxylic acid groups (broad SMARTS) is 1. The van der Waals surface area contributed by atoms with E-state index in [1.165, 1.54) is 18.4 Å². The molecule has 1 atom stereocenters. The lowest BCUT2D eigenvalue weighted by Crippen LogP contribution is -2.40. The summed E-state index contributed by atoms with van der Waals surface area (Å²) in [5, 5.41) is 9.97. The molecule has 0 aliphatic heterocycles. The third-order valence-electron chi connectivity index (χ3n) is 2.91. The first-order valence-corrected chi connectivity index (χ1v) is 7.35. The number of likely N-dealkylation sites (N-methyl/N-ethyl adjacent to an activating group) is 2. The first-order chi connectivity index (χ1) is 9.40. The molecule has 0 fully saturated rings. The third kappa shape index (κ3) is 4.16. The van der Waals surface area contributed by atoms with E-state index in [1.807, 2.05) is 21.0 Å². The number of hydrogen-bond acceptors (Lipinski definition) is 6. The van der Waals surface area contributed by atoms with Gasteiger partial charge < -0.3 is 19.6 Å². The van der Waals surface area contributed by atoms with E-state index in [0.29, 0.717) is 5.69 Å². The molecule has 0 aliphatic rings. The van der Waals surface area contributed by atoms with Crippen molar-refractivity contribution in [3.63, 3.8) is 0 Å². The van der Waals surface area contributed by atoms with Gasteiger partial charge in [0.25, 0.3) is 0 Å². The number of thiazole rings is 1. The van der Waals surface area contributed by atoms with E-state index in [1.54, 1.807) is 0 Å². The van der Waals surface area contributed by atoms with Crippen LogP contribution < -0.4 is 4.90 Å². The Balaban J connectivity index is 3.03. The van der Waals surface area contributed by atoms with Gasteiger partial charge >= 0.3 is 5.97 Å². The van der Waals surface area contributed by atoms with Crippen molar-refractivity contribution < 1.29 is 14.6 Å². The fourth-order valence-electron chi connectivity index (χ4n) is 2.13. The molecule has 0 bridgehead atoms. The van der Waals surface area contributed by atoms with Crippen LogP contribution in [0.3, 0.4) is 0 Å². The van der Waals surface area contributed by atoms with Crippen molar-refractivity contribution in [1.82, 2.24) is 9.88 Å². The minimum atomic E-state index is -0.947. The zero-order valence-electron chi connectivity index (χ0n) is 12.7. The molecule has 0 amide bonds. The van der Waals surface area contributed by atoms with Crippen molar-refractivity contribution in [2.45, 2.75) is 26.5 Å². The van der Waals surface area contributed by atoms with Crippen LogP contribution in [0.1, 0.15) is 29.2 Å². The van der Waals surface area contributed by atoms with Gasteiger partial charge in [0.1, 0.15) is 4.88 Å². The Bertz CT molecular complexity index is 448. The van der Waals surface area contributed by atoms with Crippen molar-refractivity contribution in [2.75, 3.05) is 39.2 Å². The number of hydrogen-bond donors (Lipinski definition) is 1. The summed E-state index contributed by atoms with van der Waals surface area (Å²) in [5.74, 6) is -0.947. The minimum absolute atomic E-state index is 0.220. The van der Waals surface area contributed by atoms with Gasteiger partial charge in [0, 0.05) is 26.2 Å². The predicted molar refractivity (Wildman–Crippen MR) is 80.8 cm³/mol. The fraction of sp³-hybridized carbons (Fsp3) is 0.692. The molecule has 0 aliphatic carbocycles. The molecule has 0 saturated carbocycles.